The van der Waals surface area contributed by atoms with E-state index >= 15 is 0 Å². The van der Waals surface area contributed by atoms with Gasteiger partial charge in [0.05, 0.1) is 5.56 Å². The van der Waals surface area contributed by atoms with E-state index < -0.39 is 0 Å². The Labute approximate surface area is 144 Å². The number of hydrogen-bond donors (Lipinski definition) is 2. The van der Waals surface area contributed by atoms with E-state index in [0.29, 0.717) is 22.9 Å². The number of aromatic hydroxyl groups is 1. The molecule has 5 nitrogen and oxygen atoms in total. The van der Waals surface area contributed by atoms with Crippen LogP contribution in [0.2, 0.25) is 0 Å². The molecule has 0 aliphatic carbocycles. The Morgan fingerprint density at radius 3 is 2.78 bits per heavy atom. The molecule has 2 rings (SSSR count). The number of pyridine rings is 1. The summed E-state index contributed by atoms with van der Waals surface area (Å²) in [5.74, 6) is -0.142. The van der Waals surface area contributed by atoms with Gasteiger partial charge in [0.2, 0.25) is 5.88 Å². The molecule has 0 saturated heterocycles. The molecule has 0 atom stereocenters. The first kappa shape index (κ1) is 17.7. The zero-order valence-electron chi connectivity index (χ0n) is 13.5. The second-order valence-corrected chi connectivity index (χ2v) is 6.72. The SMILES string of the molecule is CN(C)CCCCCN=Cc1c(O)[nH]c(=O)c2ccc(Br)cc12. The highest BCUT2D eigenvalue weighted by Gasteiger charge is 2.09. The molecule has 0 saturated carbocycles. The first-order valence-electron chi connectivity index (χ1n) is 7.68. The van der Waals surface area contributed by atoms with Crippen LogP contribution < -0.4 is 5.56 Å². The van der Waals surface area contributed by atoms with Crippen LogP contribution in [0.1, 0.15) is 24.8 Å². The molecule has 2 N–H and O–H groups in total. The van der Waals surface area contributed by atoms with Crippen molar-refractivity contribution in [2.45, 2.75) is 19.3 Å². The predicted octanol–water partition coefficient (Wildman–Crippen LogP) is 3.15. The molecule has 1 aromatic heterocycles. The number of nitrogens with zero attached hydrogens (tertiary/aromatic N) is 2. The third-order valence-corrected chi connectivity index (χ3v) is 4.11. The number of aliphatic imine (C=N–C) groups is 1. The lowest BCUT2D eigenvalue weighted by atomic mass is 10.1. The number of rotatable bonds is 7. The molecular formula is C17H22BrN3O2. The van der Waals surface area contributed by atoms with Gasteiger partial charge in [0.1, 0.15) is 0 Å². The van der Waals surface area contributed by atoms with Crippen LogP contribution in [0.5, 0.6) is 5.88 Å². The molecule has 0 aliphatic heterocycles. The number of halogens is 1. The third-order valence-electron chi connectivity index (χ3n) is 3.62. The number of H-pyrrole nitrogens is 1. The van der Waals surface area contributed by atoms with Gasteiger partial charge in [0.15, 0.2) is 0 Å². The number of hydrogen-bond acceptors (Lipinski definition) is 4. The summed E-state index contributed by atoms with van der Waals surface area (Å²) < 4.78 is 0.855. The number of aromatic nitrogens is 1. The van der Waals surface area contributed by atoms with Gasteiger partial charge in [-0.1, -0.05) is 22.4 Å². The normalized spacial score (nSPS) is 11.8. The smallest absolute Gasteiger partial charge is 0.258 e. The number of nitrogens with one attached hydrogen (secondary N) is 1. The topological polar surface area (TPSA) is 68.7 Å². The maximum absolute atomic E-state index is 11.9. The molecule has 0 amide bonds. The predicted molar refractivity (Wildman–Crippen MR) is 98.8 cm³/mol. The molecule has 0 bridgehead atoms. The fourth-order valence-electron chi connectivity index (χ4n) is 2.40. The van der Waals surface area contributed by atoms with Crippen molar-refractivity contribution in [2.24, 2.45) is 4.99 Å². The lowest BCUT2D eigenvalue weighted by Crippen LogP contribution is -2.12. The molecule has 0 spiro atoms. The van der Waals surface area contributed by atoms with Gasteiger partial charge in [-0.3, -0.25) is 14.8 Å². The van der Waals surface area contributed by atoms with Crippen molar-refractivity contribution in [2.75, 3.05) is 27.2 Å². The molecule has 0 fully saturated rings. The zero-order valence-corrected chi connectivity index (χ0v) is 15.1. The molecule has 6 heteroatoms. The summed E-state index contributed by atoms with van der Waals surface area (Å²) in [5, 5.41) is 11.2. The van der Waals surface area contributed by atoms with Crippen LogP contribution in [0, 0.1) is 0 Å². The molecule has 0 aliphatic rings. The Morgan fingerprint density at radius 1 is 1.26 bits per heavy atom. The van der Waals surface area contributed by atoms with Gasteiger partial charge >= 0.3 is 0 Å². The van der Waals surface area contributed by atoms with E-state index in [9.17, 15) is 9.90 Å². The van der Waals surface area contributed by atoms with E-state index in [1.165, 1.54) is 0 Å². The molecular weight excluding hydrogens is 358 g/mol. The van der Waals surface area contributed by atoms with Gasteiger partial charge in [-0.25, -0.2) is 0 Å². The van der Waals surface area contributed by atoms with Gasteiger partial charge in [-0.15, -0.1) is 0 Å². The minimum Gasteiger partial charge on any atom is -0.494 e. The summed E-state index contributed by atoms with van der Waals surface area (Å²) in [6.45, 7) is 1.80. The Morgan fingerprint density at radius 2 is 2.04 bits per heavy atom. The van der Waals surface area contributed by atoms with E-state index in [2.05, 4.69) is 44.9 Å². The summed E-state index contributed by atoms with van der Waals surface area (Å²) in [6.07, 6.45) is 4.93. The number of aromatic amines is 1. The molecule has 0 radical (unpaired) electrons. The number of fused-ring (bicyclic) bond motifs is 1. The molecule has 23 heavy (non-hydrogen) atoms. The number of benzene rings is 1. The van der Waals surface area contributed by atoms with E-state index in [4.69, 9.17) is 0 Å². The Bertz CT molecular complexity index is 753. The van der Waals surface area contributed by atoms with Crippen molar-refractivity contribution in [1.82, 2.24) is 9.88 Å². The van der Waals surface area contributed by atoms with Gasteiger partial charge in [-0.05, 0) is 51.7 Å². The molecule has 1 aromatic carbocycles. The lowest BCUT2D eigenvalue weighted by Gasteiger charge is -2.08. The van der Waals surface area contributed by atoms with Crippen LogP contribution in [-0.2, 0) is 0 Å². The average Bonchev–Trinajstić information content (AvgIpc) is 2.48. The van der Waals surface area contributed by atoms with Crippen molar-refractivity contribution < 1.29 is 5.11 Å². The Balaban J connectivity index is 2.09. The monoisotopic (exact) mass is 379 g/mol. The maximum Gasteiger partial charge on any atom is 0.258 e. The van der Waals surface area contributed by atoms with Gasteiger partial charge in [-0.2, -0.15) is 0 Å². The van der Waals surface area contributed by atoms with Crippen LogP contribution in [0.15, 0.2) is 32.5 Å². The van der Waals surface area contributed by atoms with Crippen molar-refractivity contribution in [3.05, 3.63) is 38.6 Å². The minimum absolute atomic E-state index is 0.142. The fourth-order valence-corrected chi connectivity index (χ4v) is 2.76. The highest BCUT2D eigenvalue weighted by atomic mass is 79.9. The second kappa shape index (κ2) is 8.26. The van der Waals surface area contributed by atoms with Crippen molar-refractivity contribution in [3.8, 4) is 5.88 Å². The largest absolute Gasteiger partial charge is 0.494 e. The molecule has 1 heterocycles. The van der Waals surface area contributed by atoms with Crippen LogP contribution >= 0.6 is 15.9 Å². The van der Waals surface area contributed by atoms with Crippen LogP contribution in [0.25, 0.3) is 10.8 Å². The van der Waals surface area contributed by atoms with Gasteiger partial charge in [0, 0.05) is 28.0 Å². The van der Waals surface area contributed by atoms with E-state index in [1.807, 2.05) is 6.07 Å². The highest BCUT2D eigenvalue weighted by molar-refractivity contribution is 9.10. The highest BCUT2D eigenvalue weighted by Crippen LogP contribution is 2.24. The quantitative estimate of drug-likeness (QED) is 0.573. The summed E-state index contributed by atoms with van der Waals surface area (Å²) in [6, 6.07) is 5.36. The summed E-state index contributed by atoms with van der Waals surface area (Å²) in [4.78, 5) is 20.9. The molecule has 124 valence electrons. The zero-order chi connectivity index (χ0) is 16.8. The number of unbranched alkanes of at least 4 members (excludes halogenated alkanes) is 2. The van der Waals surface area contributed by atoms with Crippen molar-refractivity contribution >= 4 is 32.9 Å². The summed E-state index contributed by atoms with van der Waals surface area (Å²) in [5.41, 5.74) is 0.250. The second-order valence-electron chi connectivity index (χ2n) is 5.81. The summed E-state index contributed by atoms with van der Waals surface area (Å²) in [7, 11) is 4.14. The Kier molecular flexibility index (Phi) is 6.36. The van der Waals surface area contributed by atoms with E-state index in [1.54, 1.807) is 18.3 Å². The summed E-state index contributed by atoms with van der Waals surface area (Å²) >= 11 is 3.40. The molecule has 0 unspecified atom stereocenters. The van der Waals surface area contributed by atoms with Crippen molar-refractivity contribution in [1.29, 1.82) is 0 Å². The van der Waals surface area contributed by atoms with Crippen LogP contribution in [-0.4, -0.2) is 48.4 Å². The van der Waals surface area contributed by atoms with E-state index in [-0.39, 0.29) is 11.4 Å². The standard InChI is InChI=1S/C17H22BrN3O2/c1-21(2)9-5-3-4-8-19-11-15-14-10-12(18)6-7-13(14)16(22)20-17(15)23/h6-7,10-11H,3-5,8-9H2,1-2H3,(H2,20,22,23). The van der Waals surface area contributed by atoms with Crippen molar-refractivity contribution in [3.63, 3.8) is 0 Å². The Hall–Kier alpha value is -1.66. The van der Waals surface area contributed by atoms with Crippen LogP contribution in [0.3, 0.4) is 0 Å². The van der Waals surface area contributed by atoms with Gasteiger partial charge in [0.25, 0.3) is 5.56 Å². The third kappa shape index (κ3) is 4.91. The fraction of sp³-hybridized carbons (Fsp3) is 0.412. The molecule has 2 aromatic rings. The first-order chi connectivity index (χ1) is 11.0. The minimum atomic E-state index is -0.300. The maximum atomic E-state index is 11.9. The van der Waals surface area contributed by atoms with Gasteiger partial charge < -0.3 is 10.0 Å². The average molecular weight is 380 g/mol. The van der Waals surface area contributed by atoms with Crippen LogP contribution in [0.4, 0.5) is 0 Å². The lowest BCUT2D eigenvalue weighted by molar-refractivity contribution is 0.392. The first-order valence-corrected chi connectivity index (χ1v) is 8.47. The van der Waals surface area contributed by atoms with E-state index in [0.717, 1.165) is 30.3 Å².